The van der Waals surface area contributed by atoms with Crippen LogP contribution in [0, 0.1) is 0 Å². The van der Waals surface area contributed by atoms with E-state index in [0.29, 0.717) is 36.3 Å². The number of ether oxygens (including phenoxy) is 2. The van der Waals surface area contributed by atoms with Gasteiger partial charge in [-0.3, -0.25) is 0 Å². The van der Waals surface area contributed by atoms with E-state index in [-0.39, 0.29) is 0 Å². The maximum atomic E-state index is 6.19. The molecule has 0 aliphatic heterocycles. The quantitative estimate of drug-likeness (QED) is 0.812. The molecule has 0 radical (unpaired) electrons. The lowest BCUT2D eigenvalue weighted by molar-refractivity contribution is 0.269. The van der Waals surface area contributed by atoms with Gasteiger partial charge in [0.05, 0.1) is 6.61 Å². The number of rotatable bonds is 6. The summed E-state index contributed by atoms with van der Waals surface area (Å²) in [4.78, 5) is 0. The highest BCUT2D eigenvalue weighted by atomic mass is 79.9. The van der Waals surface area contributed by atoms with Crippen LogP contribution in [-0.4, -0.2) is 6.61 Å². The molecule has 5 heteroatoms. The lowest BCUT2D eigenvalue weighted by Gasteiger charge is -2.13. The van der Waals surface area contributed by atoms with Crippen LogP contribution in [0.1, 0.15) is 18.1 Å². The Labute approximate surface area is 138 Å². The van der Waals surface area contributed by atoms with Crippen LogP contribution in [0.4, 0.5) is 0 Å². The van der Waals surface area contributed by atoms with Crippen LogP contribution >= 0.6 is 27.5 Å². The van der Waals surface area contributed by atoms with E-state index in [2.05, 4.69) is 15.9 Å². The van der Waals surface area contributed by atoms with Crippen LogP contribution in [0.15, 0.2) is 40.9 Å². The van der Waals surface area contributed by atoms with Crippen molar-refractivity contribution in [2.24, 2.45) is 5.73 Å². The molecular formula is C16H17BrClNO2. The minimum Gasteiger partial charge on any atom is -0.490 e. The third-order valence-corrected chi connectivity index (χ3v) is 3.79. The second-order valence-electron chi connectivity index (χ2n) is 4.44. The van der Waals surface area contributed by atoms with Gasteiger partial charge >= 0.3 is 0 Å². The van der Waals surface area contributed by atoms with Crippen molar-refractivity contribution in [3.05, 3.63) is 57.0 Å². The van der Waals surface area contributed by atoms with Gasteiger partial charge in [-0.25, -0.2) is 0 Å². The normalized spacial score (nSPS) is 10.5. The average molecular weight is 371 g/mol. The molecule has 0 amide bonds. The Morgan fingerprint density at radius 3 is 2.57 bits per heavy atom. The van der Waals surface area contributed by atoms with Crippen molar-refractivity contribution in [3.8, 4) is 11.5 Å². The van der Waals surface area contributed by atoms with Crippen LogP contribution in [0.2, 0.25) is 5.02 Å². The van der Waals surface area contributed by atoms with Crippen LogP contribution in [0.3, 0.4) is 0 Å². The summed E-state index contributed by atoms with van der Waals surface area (Å²) in [5.74, 6) is 1.39. The van der Waals surface area contributed by atoms with Gasteiger partial charge < -0.3 is 15.2 Å². The van der Waals surface area contributed by atoms with E-state index in [1.807, 2.05) is 43.3 Å². The molecule has 0 aliphatic rings. The molecule has 0 bridgehead atoms. The first-order valence-corrected chi connectivity index (χ1v) is 7.83. The zero-order valence-electron chi connectivity index (χ0n) is 11.7. The van der Waals surface area contributed by atoms with E-state index < -0.39 is 0 Å². The fourth-order valence-corrected chi connectivity index (χ4v) is 2.59. The Morgan fingerprint density at radius 1 is 1.10 bits per heavy atom. The highest BCUT2D eigenvalue weighted by molar-refractivity contribution is 9.10. The summed E-state index contributed by atoms with van der Waals surface area (Å²) in [7, 11) is 0. The molecule has 112 valence electrons. The summed E-state index contributed by atoms with van der Waals surface area (Å²) in [5.41, 5.74) is 7.57. The van der Waals surface area contributed by atoms with Crippen molar-refractivity contribution >= 4 is 27.5 Å². The molecule has 2 aromatic carbocycles. The molecule has 2 aromatic rings. The van der Waals surface area contributed by atoms with Crippen molar-refractivity contribution in [1.82, 2.24) is 0 Å². The molecule has 0 atom stereocenters. The third-order valence-electron chi connectivity index (χ3n) is 2.94. The molecule has 0 unspecified atom stereocenters. The smallest absolute Gasteiger partial charge is 0.161 e. The van der Waals surface area contributed by atoms with Gasteiger partial charge in [0, 0.05) is 21.6 Å². The minimum atomic E-state index is 0.383. The molecule has 0 heterocycles. The van der Waals surface area contributed by atoms with E-state index >= 15 is 0 Å². The number of hydrogen-bond donors (Lipinski definition) is 1. The van der Waals surface area contributed by atoms with Crippen LogP contribution in [-0.2, 0) is 13.2 Å². The zero-order chi connectivity index (χ0) is 15.2. The monoisotopic (exact) mass is 369 g/mol. The van der Waals surface area contributed by atoms with E-state index in [0.717, 1.165) is 15.6 Å². The number of nitrogens with two attached hydrogens (primary N) is 1. The van der Waals surface area contributed by atoms with Crippen LogP contribution < -0.4 is 15.2 Å². The van der Waals surface area contributed by atoms with Gasteiger partial charge in [0.1, 0.15) is 6.61 Å². The Balaban J connectivity index is 2.15. The van der Waals surface area contributed by atoms with Crippen molar-refractivity contribution in [1.29, 1.82) is 0 Å². The summed E-state index contributed by atoms with van der Waals surface area (Å²) < 4.78 is 12.4. The minimum absolute atomic E-state index is 0.383. The number of hydrogen-bond acceptors (Lipinski definition) is 3. The van der Waals surface area contributed by atoms with E-state index in [4.69, 9.17) is 26.8 Å². The topological polar surface area (TPSA) is 44.5 Å². The largest absolute Gasteiger partial charge is 0.490 e. The predicted octanol–water partition coefficient (Wildman–Crippen LogP) is 4.54. The van der Waals surface area contributed by atoms with E-state index in [1.54, 1.807) is 0 Å². The van der Waals surface area contributed by atoms with Crippen molar-refractivity contribution in [3.63, 3.8) is 0 Å². The maximum absolute atomic E-state index is 6.19. The number of benzene rings is 2. The zero-order valence-corrected chi connectivity index (χ0v) is 14.1. The Hall–Kier alpha value is -1.23. The predicted molar refractivity (Wildman–Crippen MR) is 89.0 cm³/mol. The van der Waals surface area contributed by atoms with Crippen LogP contribution in [0.25, 0.3) is 0 Å². The lowest BCUT2D eigenvalue weighted by atomic mass is 10.2. The Kier molecular flexibility index (Phi) is 5.91. The molecule has 0 fully saturated rings. The van der Waals surface area contributed by atoms with E-state index in [1.165, 1.54) is 0 Å². The van der Waals surface area contributed by atoms with Gasteiger partial charge in [-0.15, -0.1) is 0 Å². The lowest BCUT2D eigenvalue weighted by Crippen LogP contribution is -2.02. The summed E-state index contributed by atoms with van der Waals surface area (Å²) in [5, 5.41) is 0.668. The van der Waals surface area contributed by atoms with Gasteiger partial charge in [0.15, 0.2) is 11.5 Å². The van der Waals surface area contributed by atoms with Crippen molar-refractivity contribution in [2.75, 3.05) is 6.61 Å². The first-order valence-electron chi connectivity index (χ1n) is 6.66. The van der Waals surface area contributed by atoms with E-state index in [9.17, 15) is 0 Å². The molecule has 0 aliphatic carbocycles. The van der Waals surface area contributed by atoms with Gasteiger partial charge in [0.2, 0.25) is 0 Å². The molecular weight excluding hydrogens is 354 g/mol. The first kappa shape index (κ1) is 16.1. The molecule has 0 spiro atoms. The van der Waals surface area contributed by atoms with Gasteiger partial charge in [-0.05, 0) is 36.8 Å². The fraction of sp³-hybridized carbons (Fsp3) is 0.250. The van der Waals surface area contributed by atoms with Gasteiger partial charge in [-0.1, -0.05) is 39.7 Å². The molecule has 0 saturated carbocycles. The van der Waals surface area contributed by atoms with Gasteiger partial charge in [0.25, 0.3) is 0 Å². The molecule has 0 aromatic heterocycles. The fourth-order valence-electron chi connectivity index (χ4n) is 1.86. The first-order chi connectivity index (χ1) is 10.1. The Bertz CT molecular complexity index is 619. The Morgan fingerprint density at radius 2 is 1.90 bits per heavy atom. The van der Waals surface area contributed by atoms with Gasteiger partial charge in [-0.2, -0.15) is 0 Å². The van der Waals surface area contributed by atoms with Crippen molar-refractivity contribution < 1.29 is 9.47 Å². The molecule has 2 N–H and O–H groups in total. The summed E-state index contributed by atoms with van der Waals surface area (Å²) in [6, 6.07) is 11.4. The standard InChI is InChI=1S/C16H17BrClNO2/c1-2-20-16-7-11(9-19)3-6-15(16)21-10-12-4-5-13(17)8-14(12)18/h3-8H,2,9-10,19H2,1H3. The summed E-state index contributed by atoms with van der Waals surface area (Å²) in [6.45, 7) is 3.36. The number of halogens is 2. The molecule has 0 saturated heterocycles. The SMILES string of the molecule is CCOc1cc(CN)ccc1OCc1ccc(Br)cc1Cl. The van der Waals surface area contributed by atoms with Crippen LogP contribution in [0.5, 0.6) is 11.5 Å². The summed E-state index contributed by atoms with van der Waals surface area (Å²) >= 11 is 9.57. The highest BCUT2D eigenvalue weighted by Gasteiger charge is 2.08. The maximum Gasteiger partial charge on any atom is 0.161 e. The summed E-state index contributed by atoms with van der Waals surface area (Å²) in [6.07, 6.45) is 0. The second-order valence-corrected chi connectivity index (χ2v) is 5.77. The third kappa shape index (κ3) is 4.37. The van der Waals surface area contributed by atoms with Crippen molar-refractivity contribution in [2.45, 2.75) is 20.1 Å². The molecule has 2 rings (SSSR count). The average Bonchev–Trinajstić information content (AvgIpc) is 2.47. The molecule has 3 nitrogen and oxygen atoms in total. The highest BCUT2D eigenvalue weighted by Crippen LogP contribution is 2.30. The second kappa shape index (κ2) is 7.69. The molecule has 21 heavy (non-hydrogen) atoms.